The Balaban J connectivity index is 0.000000247. The van der Waals surface area contributed by atoms with E-state index >= 15 is 0 Å². The minimum atomic E-state index is -2.41. The molecule has 2 aromatic rings. The van der Waals surface area contributed by atoms with E-state index in [0.29, 0.717) is 0 Å². The van der Waals surface area contributed by atoms with Crippen molar-refractivity contribution in [2.45, 2.75) is 5.60 Å². The van der Waals surface area contributed by atoms with Gasteiger partial charge in [-0.15, -0.1) is 22.7 Å². The maximum Gasteiger partial charge on any atom is 0.328 e. The Morgan fingerprint density at radius 1 is 1.10 bits per heavy atom. The summed E-state index contributed by atoms with van der Waals surface area (Å²) in [6.45, 7) is 0. The SMILES string of the molecule is O=C1NC(=O)C(O)(c2nccs2)C(=O)N1.c1cscn1. The molecule has 3 heterocycles. The maximum atomic E-state index is 11.4. The quantitative estimate of drug-likeness (QED) is 0.629. The van der Waals surface area contributed by atoms with E-state index in [-0.39, 0.29) is 5.01 Å². The van der Waals surface area contributed by atoms with E-state index in [2.05, 4.69) is 9.97 Å². The molecule has 0 aliphatic carbocycles. The Hall–Kier alpha value is -2.17. The number of carbonyl (C=O) groups excluding carboxylic acids is 3. The lowest BCUT2D eigenvalue weighted by molar-refractivity contribution is -0.155. The molecule has 0 bridgehead atoms. The minimum absolute atomic E-state index is 0.0787. The number of aromatic nitrogens is 2. The molecule has 0 radical (unpaired) electrons. The van der Waals surface area contributed by atoms with Crippen molar-refractivity contribution in [3.63, 3.8) is 0 Å². The largest absolute Gasteiger partial charge is 0.366 e. The van der Waals surface area contributed by atoms with Gasteiger partial charge in [0.2, 0.25) is 0 Å². The highest BCUT2D eigenvalue weighted by atomic mass is 32.1. The number of thiazole rings is 2. The van der Waals surface area contributed by atoms with Crippen molar-refractivity contribution in [1.29, 1.82) is 0 Å². The van der Waals surface area contributed by atoms with Gasteiger partial charge < -0.3 is 5.11 Å². The second-order valence-electron chi connectivity index (χ2n) is 3.46. The Kier molecular flexibility index (Phi) is 4.17. The van der Waals surface area contributed by atoms with Crippen molar-refractivity contribution in [2.75, 3.05) is 0 Å². The Morgan fingerprint density at radius 2 is 1.80 bits per heavy atom. The van der Waals surface area contributed by atoms with Crippen molar-refractivity contribution in [3.05, 3.63) is 33.7 Å². The van der Waals surface area contributed by atoms with Gasteiger partial charge in [-0.25, -0.2) is 9.78 Å². The van der Waals surface area contributed by atoms with Gasteiger partial charge in [-0.3, -0.25) is 25.2 Å². The average molecular weight is 312 g/mol. The fourth-order valence-electron chi connectivity index (χ4n) is 1.29. The lowest BCUT2D eigenvalue weighted by Gasteiger charge is -2.26. The highest BCUT2D eigenvalue weighted by Gasteiger charge is 2.52. The van der Waals surface area contributed by atoms with Gasteiger partial charge in [-0.1, -0.05) is 0 Å². The third-order valence-electron chi connectivity index (χ3n) is 2.20. The predicted octanol–water partition coefficient (Wildman–Crippen LogP) is -0.160. The summed E-state index contributed by atoms with van der Waals surface area (Å²) in [6.07, 6.45) is 3.11. The summed E-state index contributed by atoms with van der Waals surface area (Å²) >= 11 is 2.54. The molecule has 20 heavy (non-hydrogen) atoms. The summed E-state index contributed by atoms with van der Waals surface area (Å²) in [5.41, 5.74) is -0.623. The summed E-state index contributed by atoms with van der Waals surface area (Å²) in [5.74, 6) is -2.18. The molecule has 3 rings (SSSR count). The summed E-state index contributed by atoms with van der Waals surface area (Å²) in [5, 5.41) is 16.8. The van der Waals surface area contributed by atoms with Crippen LogP contribution in [0.4, 0.5) is 4.79 Å². The van der Waals surface area contributed by atoms with E-state index in [9.17, 15) is 19.5 Å². The van der Waals surface area contributed by atoms with E-state index in [0.717, 1.165) is 11.3 Å². The Bertz CT molecular complexity index is 574. The molecule has 3 N–H and O–H groups in total. The lowest BCUT2D eigenvalue weighted by Crippen LogP contribution is -2.64. The molecule has 0 aromatic carbocycles. The number of nitrogens with zero attached hydrogens (tertiary/aromatic N) is 2. The molecule has 0 unspecified atom stereocenters. The third-order valence-corrected chi connectivity index (χ3v) is 3.60. The first-order chi connectivity index (χ1) is 9.55. The Labute approximate surface area is 120 Å². The number of carbonyl (C=O) groups is 3. The van der Waals surface area contributed by atoms with E-state index in [1.807, 2.05) is 5.38 Å². The number of imide groups is 2. The van der Waals surface area contributed by atoms with Crippen LogP contribution in [-0.4, -0.2) is 32.9 Å². The van der Waals surface area contributed by atoms with Crippen LogP contribution >= 0.6 is 22.7 Å². The molecule has 0 spiro atoms. The summed E-state index contributed by atoms with van der Waals surface area (Å²) in [6, 6.07) is -0.953. The number of aliphatic hydroxyl groups is 1. The van der Waals surface area contributed by atoms with Gasteiger partial charge >= 0.3 is 6.03 Å². The van der Waals surface area contributed by atoms with Crippen molar-refractivity contribution < 1.29 is 19.5 Å². The van der Waals surface area contributed by atoms with Gasteiger partial charge in [0.25, 0.3) is 17.4 Å². The van der Waals surface area contributed by atoms with Crippen LogP contribution in [0.3, 0.4) is 0 Å². The molecular formula is C10H8N4O4S2. The number of urea groups is 1. The average Bonchev–Trinajstić information content (AvgIpc) is 3.10. The molecule has 0 atom stereocenters. The summed E-state index contributed by atoms with van der Waals surface area (Å²) in [4.78, 5) is 40.9. The van der Waals surface area contributed by atoms with Gasteiger partial charge in [0, 0.05) is 23.2 Å². The zero-order chi connectivity index (χ0) is 14.6. The van der Waals surface area contributed by atoms with Crippen LogP contribution in [0.5, 0.6) is 0 Å². The van der Waals surface area contributed by atoms with E-state index in [1.54, 1.807) is 33.7 Å². The van der Waals surface area contributed by atoms with Crippen LogP contribution in [-0.2, 0) is 15.2 Å². The molecule has 104 valence electrons. The van der Waals surface area contributed by atoms with Crippen molar-refractivity contribution in [1.82, 2.24) is 20.6 Å². The number of amides is 4. The van der Waals surface area contributed by atoms with Crippen LogP contribution < -0.4 is 10.6 Å². The molecule has 1 saturated heterocycles. The molecular weight excluding hydrogens is 304 g/mol. The fraction of sp³-hybridized carbons (Fsp3) is 0.100. The predicted molar refractivity (Wildman–Crippen MR) is 69.8 cm³/mol. The fourth-order valence-corrected chi connectivity index (χ4v) is 2.37. The number of hydrogen-bond donors (Lipinski definition) is 3. The zero-order valence-corrected chi connectivity index (χ0v) is 11.4. The highest BCUT2D eigenvalue weighted by Crippen LogP contribution is 2.25. The van der Waals surface area contributed by atoms with Crippen molar-refractivity contribution in [3.8, 4) is 0 Å². The number of barbiturate groups is 1. The van der Waals surface area contributed by atoms with Gasteiger partial charge in [0.05, 0.1) is 5.51 Å². The molecule has 1 fully saturated rings. The molecule has 4 amide bonds. The van der Waals surface area contributed by atoms with Gasteiger partial charge in [-0.2, -0.15) is 0 Å². The molecule has 1 aliphatic heterocycles. The molecule has 0 saturated carbocycles. The first-order valence-electron chi connectivity index (χ1n) is 5.16. The van der Waals surface area contributed by atoms with Gasteiger partial charge in [0.15, 0.2) is 0 Å². The van der Waals surface area contributed by atoms with Crippen LogP contribution in [0, 0.1) is 0 Å². The van der Waals surface area contributed by atoms with Crippen LogP contribution in [0.1, 0.15) is 5.01 Å². The Morgan fingerprint density at radius 3 is 2.20 bits per heavy atom. The summed E-state index contributed by atoms with van der Waals surface area (Å²) in [7, 11) is 0. The smallest absolute Gasteiger partial charge is 0.328 e. The van der Waals surface area contributed by atoms with Gasteiger partial charge in [-0.05, 0) is 0 Å². The second kappa shape index (κ2) is 5.86. The first kappa shape index (κ1) is 14.2. The number of hydrogen-bond acceptors (Lipinski definition) is 8. The normalized spacial score (nSPS) is 16.8. The highest BCUT2D eigenvalue weighted by molar-refractivity contribution is 7.10. The molecule has 8 nitrogen and oxygen atoms in total. The van der Waals surface area contributed by atoms with Crippen molar-refractivity contribution in [2.24, 2.45) is 0 Å². The monoisotopic (exact) mass is 312 g/mol. The van der Waals surface area contributed by atoms with Crippen molar-refractivity contribution >= 4 is 40.5 Å². The number of nitrogens with one attached hydrogen (secondary N) is 2. The number of rotatable bonds is 1. The molecule has 1 aliphatic rings. The first-order valence-corrected chi connectivity index (χ1v) is 6.98. The van der Waals surface area contributed by atoms with E-state index in [1.165, 1.54) is 11.6 Å². The zero-order valence-electron chi connectivity index (χ0n) is 9.77. The molecule has 2 aromatic heterocycles. The van der Waals surface area contributed by atoms with Crippen LogP contribution in [0.15, 0.2) is 28.7 Å². The minimum Gasteiger partial charge on any atom is -0.366 e. The standard InChI is InChI=1S/C7H5N3O4S.C3H3NS/c11-3-7(14,5-8-1-2-15-5)4(12)10-6(13)9-3;1-2-5-3-4-1/h1-2,14H,(H2,9,10,11,12,13);1-3H. The maximum absolute atomic E-state index is 11.4. The van der Waals surface area contributed by atoms with Crippen LogP contribution in [0.2, 0.25) is 0 Å². The topological polar surface area (TPSA) is 121 Å². The van der Waals surface area contributed by atoms with E-state index < -0.39 is 23.4 Å². The third kappa shape index (κ3) is 2.71. The second-order valence-corrected chi connectivity index (χ2v) is 5.11. The lowest BCUT2D eigenvalue weighted by atomic mass is 10.0. The van der Waals surface area contributed by atoms with Crippen LogP contribution in [0.25, 0.3) is 0 Å². The summed E-state index contributed by atoms with van der Waals surface area (Å²) < 4.78 is 0. The van der Waals surface area contributed by atoms with E-state index in [4.69, 9.17) is 0 Å². The van der Waals surface area contributed by atoms with Gasteiger partial charge in [0.1, 0.15) is 5.01 Å². The molecule has 10 heteroatoms.